The van der Waals surface area contributed by atoms with E-state index >= 15 is 0 Å². The first-order valence-corrected chi connectivity index (χ1v) is 8.25. The van der Waals surface area contributed by atoms with Crippen molar-refractivity contribution < 1.29 is 9.59 Å². The quantitative estimate of drug-likeness (QED) is 0.823. The average Bonchev–Trinajstić information content (AvgIpc) is 2.60. The Balaban J connectivity index is 1.89. The van der Waals surface area contributed by atoms with E-state index in [9.17, 15) is 9.59 Å². The molecule has 4 heteroatoms. The van der Waals surface area contributed by atoms with Crippen molar-refractivity contribution >= 4 is 11.8 Å². The molecule has 1 atom stereocenters. The molecule has 0 saturated heterocycles. The lowest BCUT2D eigenvalue weighted by molar-refractivity contribution is -0.123. The smallest absolute Gasteiger partial charge is 0.251 e. The summed E-state index contributed by atoms with van der Waals surface area (Å²) in [5.41, 5.74) is 1.73. The number of rotatable bonds is 7. The Morgan fingerprint density at radius 1 is 0.917 bits per heavy atom. The van der Waals surface area contributed by atoms with Crippen molar-refractivity contribution in [2.24, 2.45) is 5.92 Å². The number of hydrogen-bond acceptors (Lipinski definition) is 2. The largest absolute Gasteiger partial charge is 0.354 e. The van der Waals surface area contributed by atoms with Gasteiger partial charge in [-0.15, -0.1) is 0 Å². The fraction of sp³-hybridized carbons (Fsp3) is 0.300. The molecule has 0 aliphatic rings. The van der Waals surface area contributed by atoms with E-state index in [4.69, 9.17) is 0 Å². The topological polar surface area (TPSA) is 58.2 Å². The minimum Gasteiger partial charge on any atom is -0.354 e. The fourth-order valence-corrected chi connectivity index (χ4v) is 2.43. The highest BCUT2D eigenvalue weighted by Crippen LogP contribution is 2.06. The molecule has 2 aromatic rings. The van der Waals surface area contributed by atoms with E-state index in [0.29, 0.717) is 12.1 Å². The number of carbonyl (C=O) groups is 2. The van der Waals surface area contributed by atoms with Crippen LogP contribution in [0, 0.1) is 5.92 Å². The Labute approximate surface area is 143 Å². The zero-order valence-corrected chi connectivity index (χ0v) is 14.2. The van der Waals surface area contributed by atoms with Gasteiger partial charge < -0.3 is 10.6 Å². The van der Waals surface area contributed by atoms with Gasteiger partial charge in [0, 0.05) is 12.1 Å². The second-order valence-electron chi connectivity index (χ2n) is 6.09. The highest BCUT2D eigenvalue weighted by atomic mass is 16.2. The molecule has 2 N–H and O–H groups in total. The van der Waals surface area contributed by atoms with Gasteiger partial charge in [-0.1, -0.05) is 62.4 Å². The number of nitrogens with one attached hydrogen (secondary N) is 2. The number of hydrogen-bond donors (Lipinski definition) is 2. The van der Waals surface area contributed by atoms with E-state index < -0.39 is 6.04 Å². The van der Waals surface area contributed by atoms with Gasteiger partial charge in [0.25, 0.3) is 5.91 Å². The van der Waals surface area contributed by atoms with Crippen LogP contribution in [0.5, 0.6) is 0 Å². The van der Waals surface area contributed by atoms with Crippen LogP contribution >= 0.6 is 0 Å². The molecule has 0 unspecified atom stereocenters. The summed E-state index contributed by atoms with van der Waals surface area (Å²) in [5.74, 6) is -0.368. The molecule has 0 aliphatic heterocycles. The van der Waals surface area contributed by atoms with Crippen molar-refractivity contribution in [3.8, 4) is 0 Å². The van der Waals surface area contributed by atoms with Gasteiger partial charge >= 0.3 is 0 Å². The number of carbonyl (C=O) groups excluding carboxylic acids is 2. The van der Waals surface area contributed by atoms with E-state index in [-0.39, 0.29) is 17.7 Å². The molecule has 0 radical (unpaired) electrons. The van der Waals surface area contributed by atoms with Gasteiger partial charge in [0.15, 0.2) is 0 Å². The maximum absolute atomic E-state index is 12.4. The van der Waals surface area contributed by atoms with Crippen molar-refractivity contribution in [2.45, 2.75) is 26.3 Å². The van der Waals surface area contributed by atoms with Crippen LogP contribution in [-0.4, -0.2) is 24.4 Å². The molecular formula is C20H24N2O2. The molecule has 24 heavy (non-hydrogen) atoms. The Kier molecular flexibility index (Phi) is 6.55. The van der Waals surface area contributed by atoms with Gasteiger partial charge in [-0.3, -0.25) is 9.59 Å². The van der Waals surface area contributed by atoms with Gasteiger partial charge in [-0.25, -0.2) is 0 Å². The Bertz CT molecular complexity index is 654. The summed E-state index contributed by atoms with van der Waals surface area (Å²) < 4.78 is 0. The zero-order valence-electron chi connectivity index (χ0n) is 14.2. The molecule has 0 heterocycles. The molecule has 0 aromatic heterocycles. The third kappa shape index (κ3) is 5.23. The summed E-state index contributed by atoms with van der Waals surface area (Å²) in [5, 5.41) is 5.75. The molecule has 0 fully saturated rings. The highest BCUT2D eigenvalue weighted by Gasteiger charge is 2.24. The van der Waals surface area contributed by atoms with Crippen LogP contribution in [0.4, 0.5) is 0 Å². The van der Waals surface area contributed by atoms with E-state index in [1.807, 2.05) is 50.2 Å². The summed E-state index contributed by atoms with van der Waals surface area (Å²) in [6, 6.07) is 18.4. The molecule has 0 aliphatic carbocycles. The van der Waals surface area contributed by atoms with Crippen LogP contribution in [-0.2, 0) is 11.2 Å². The molecule has 2 aromatic carbocycles. The summed E-state index contributed by atoms with van der Waals surface area (Å²) in [6.07, 6.45) is 0.768. The highest BCUT2D eigenvalue weighted by molar-refractivity contribution is 5.97. The summed E-state index contributed by atoms with van der Waals surface area (Å²) in [4.78, 5) is 24.7. The van der Waals surface area contributed by atoms with Crippen LogP contribution < -0.4 is 10.6 Å². The predicted octanol–water partition coefficient (Wildman–Crippen LogP) is 2.80. The Hall–Kier alpha value is -2.62. The SMILES string of the molecule is CC(C)[C@@H](NC(=O)c1ccccc1)C(=O)NCCc1ccccc1. The Morgan fingerprint density at radius 3 is 2.08 bits per heavy atom. The van der Waals surface area contributed by atoms with Crippen LogP contribution in [0.15, 0.2) is 60.7 Å². The van der Waals surface area contributed by atoms with Crippen molar-refractivity contribution in [2.75, 3.05) is 6.54 Å². The van der Waals surface area contributed by atoms with Gasteiger partial charge in [0.05, 0.1) is 0 Å². The summed E-state index contributed by atoms with van der Waals surface area (Å²) in [6.45, 7) is 4.40. The van der Waals surface area contributed by atoms with Crippen LogP contribution in [0.1, 0.15) is 29.8 Å². The standard InChI is InChI=1S/C20H24N2O2/c1-15(2)18(22-19(23)17-11-7-4-8-12-17)20(24)21-14-13-16-9-5-3-6-10-16/h3-12,15,18H,13-14H2,1-2H3,(H,21,24)(H,22,23)/t18-/m1/s1. The summed E-state index contributed by atoms with van der Waals surface area (Å²) in [7, 11) is 0. The second kappa shape index (κ2) is 8.87. The maximum Gasteiger partial charge on any atom is 0.251 e. The van der Waals surface area contributed by atoms with E-state index in [1.54, 1.807) is 24.3 Å². The summed E-state index contributed by atoms with van der Waals surface area (Å²) >= 11 is 0. The van der Waals surface area contributed by atoms with Crippen molar-refractivity contribution in [3.05, 3.63) is 71.8 Å². The van der Waals surface area contributed by atoms with Gasteiger partial charge in [0.2, 0.25) is 5.91 Å². The molecule has 4 nitrogen and oxygen atoms in total. The molecular weight excluding hydrogens is 300 g/mol. The molecule has 0 bridgehead atoms. The minimum absolute atomic E-state index is 0.00869. The molecule has 0 spiro atoms. The third-order valence-electron chi connectivity index (χ3n) is 3.83. The normalized spacial score (nSPS) is 11.8. The molecule has 2 amide bonds. The first kappa shape index (κ1) is 17.7. The lowest BCUT2D eigenvalue weighted by atomic mass is 10.0. The predicted molar refractivity (Wildman–Crippen MR) is 95.7 cm³/mol. The van der Waals surface area contributed by atoms with E-state index in [0.717, 1.165) is 6.42 Å². The lowest BCUT2D eigenvalue weighted by Gasteiger charge is -2.21. The van der Waals surface area contributed by atoms with Gasteiger partial charge in [-0.2, -0.15) is 0 Å². The maximum atomic E-state index is 12.4. The zero-order chi connectivity index (χ0) is 17.4. The van der Waals surface area contributed by atoms with Crippen LogP contribution in [0.2, 0.25) is 0 Å². The van der Waals surface area contributed by atoms with Crippen molar-refractivity contribution in [1.82, 2.24) is 10.6 Å². The van der Waals surface area contributed by atoms with Crippen LogP contribution in [0.25, 0.3) is 0 Å². The molecule has 0 saturated carbocycles. The van der Waals surface area contributed by atoms with E-state index in [2.05, 4.69) is 10.6 Å². The lowest BCUT2D eigenvalue weighted by Crippen LogP contribution is -2.50. The first-order valence-electron chi connectivity index (χ1n) is 8.25. The van der Waals surface area contributed by atoms with Crippen molar-refractivity contribution in [3.63, 3.8) is 0 Å². The second-order valence-corrected chi connectivity index (χ2v) is 6.09. The monoisotopic (exact) mass is 324 g/mol. The van der Waals surface area contributed by atoms with Gasteiger partial charge in [0.1, 0.15) is 6.04 Å². The number of amides is 2. The van der Waals surface area contributed by atoms with Crippen molar-refractivity contribution in [1.29, 1.82) is 0 Å². The third-order valence-corrected chi connectivity index (χ3v) is 3.83. The fourth-order valence-electron chi connectivity index (χ4n) is 2.43. The van der Waals surface area contributed by atoms with Crippen LogP contribution in [0.3, 0.4) is 0 Å². The average molecular weight is 324 g/mol. The minimum atomic E-state index is -0.548. The van der Waals surface area contributed by atoms with E-state index in [1.165, 1.54) is 5.56 Å². The molecule has 126 valence electrons. The number of benzene rings is 2. The molecule has 2 rings (SSSR count). The Morgan fingerprint density at radius 2 is 1.50 bits per heavy atom. The van der Waals surface area contributed by atoms with Gasteiger partial charge in [-0.05, 0) is 30.0 Å². The first-order chi connectivity index (χ1) is 11.6.